The summed E-state index contributed by atoms with van der Waals surface area (Å²) in [6.45, 7) is 0. The third-order valence-electron chi connectivity index (χ3n) is 3.20. The summed E-state index contributed by atoms with van der Waals surface area (Å²) in [7, 11) is 1.53. The molecule has 3 aromatic rings. The molecule has 0 aliphatic rings. The van der Waals surface area contributed by atoms with Crippen LogP contribution in [0.5, 0.6) is 5.75 Å². The Labute approximate surface area is 143 Å². The first-order chi connectivity index (χ1) is 11.0. The van der Waals surface area contributed by atoms with E-state index in [4.69, 9.17) is 16.3 Å². The van der Waals surface area contributed by atoms with Crippen LogP contribution in [0, 0.1) is 11.6 Å². The van der Waals surface area contributed by atoms with Gasteiger partial charge in [0, 0.05) is 11.5 Å². The van der Waals surface area contributed by atoms with Crippen molar-refractivity contribution in [2.75, 3.05) is 12.4 Å². The van der Waals surface area contributed by atoms with Gasteiger partial charge in [-0.1, -0.05) is 11.6 Å². The minimum absolute atomic E-state index is 0.185. The molecule has 0 unspecified atom stereocenters. The standard InChI is InChI=1S/C15H9BrClF2N3O/c1-23-12-5-11-7(4-8(12)16)15(21-6-20-11)22-14-10(18)3-2-9(17)13(14)19/h2-6H,1H3,(H,20,21,22). The Morgan fingerprint density at radius 1 is 1.22 bits per heavy atom. The third-order valence-corrected chi connectivity index (χ3v) is 4.11. The lowest BCUT2D eigenvalue weighted by atomic mass is 10.2. The Bertz CT molecular complexity index is 908. The van der Waals surface area contributed by atoms with E-state index in [0.717, 1.165) is 12.1 Å². The van der Waals surface area contributed by atoms with Crippen LogP contribution in [0.2, 0.25) is 5.02 Å². The van der Waals surface area contributed by atoms with Crippen LogP contribution in [0.25, 0.3) is 10.9 Å². The Hall–Kier alpha value is -1.99. The Morgan fingerprint density at radius 2 is 2.00 bits per heavy atom. The number of methoxy groups -OCH3 is 1. The van der Waals surface area contributed by atoms with Gasteiger partial charge in [-0.3, -0.25) is 0 Å². The van der Waals surface area contributed by atoms with E-state index in [-0.39, 0.29) is 16.5 Å². The van der Waals surface area contributed by atoms with Gasteiger partial charge in [0.2, 0.25) is 0 Å². The number of fused-ring (bicyclic) bond motifs is 1. The highest BCUT2D eigenvalue weighted by atomic mass is 79.9. The van der Waals surface area contributed by atoms with Crippen molar-refractivity contribution < 1.29 is 13.5 Å². The molecule has 1 heterocycles. The number of benzene rings is 2. The molecule has 0 atom stereocenters. The fourth-order valence-electron chi connectivity index (χ4n) is 2.07. The number of hydrogen-bond acceptors (Lipinski definition) is 4. The SMILES string of the molecule is COc1cc2ncnc(Nc3c(F)ccc(Cl)c3F)c2cc1Br. The van der Waals surface area contributed by atoms with Crippen molar-refractivity contribution >= 4 is 49.9 Å². The van der Waals surface area contributed by atoms with Crippen molar-refractivity contribution in [2.45, 2.75) is 0 Å². The molecule has 118 valence electrons. The van der Waals surface area contributed by atoms with Gasteiger partial charge in [0.15, 0.2) is 5.82 Å². The molecule has 1 N–H and O–H groups in total. The number of halogens is 4. The highest BCUT2D eigenvalue weighted by molar-refractivity contribution is 9.10. The van der Waals surface area contributed by atoms with Crippen LogP contribution in [-0.4, -0.2) is 17.1 Å². The molecule has 0 amide bonds. The number of rotatable bonds is 3. The molecule has 0 fully saturated rings. The molecular formula is C15H9BrClF2N3O. The maximum absolute atomic E-state index is 14.0. The summed E-state index contributed by atoms with van der Waals surface area (Å²) in [4.78, 5) is 8.18. The summed E-state index contributed by atoms with van der Waals surface area (Å²) >= 11 is 9.06. The molecule has 3 rings (SSSR count). The van der Waals surface area contributed by atoms with Gasteiger partial charge in [-0.15, -0.1) is 0 Å². The van der Waals surface area contributed by atoms with E-state index in [1.807, 2.05) is 0 Å². The quantitative estimate of drug-likeness (QED) is 0.623. The molecule has 0 spiro atoms. The van der Waals surface area contributed by atoms with Gasteiger partial charge in [0.25, 0.3) is 0 Å². The monoisotopic (exact) mass is 399 g/mol. The molecule has 23 heavy (non-hydrogen) atoms. The van der Waals surface area contributed by atoms with Crippen LogP contribution >= 0.6 is 27.5 Å². The average molecular weight is 401 g/mol. The van der Waals surface area contributed by atoms with Crippen LogP contribution < -0.4 is 10.1 Å². The first kappa shape index (κ1) is 15.9. The first-order valence-corrected chi connectivity index (χ1v) is 7.57. The zero-order chi connectivity index (χ0) is 16.6. The molecule has 0 saturated carbocycles. The van der Waals surface area contributed by atoms with Gasteiger partial charge >= 0.3 is 0 Å². The molecule has 0 radical (unpaired) electrons. The summed E-state index contributed by atoms with van der Waals surface area (Å²) in [6, 6.07) is 5.63. The van der Waals surface area contributed by atoms with Crippen molar-refractivity contribution in [3.63, 3.8) is 0 Å². The predicted octanol–water partition coefficient (Wildman–Crippen LogP) is 5.08. The molecule has 0 aliphatic heterocycles. The topological polar surface area (TPSA) is 47.0 Å². The lowest BCUT2D eigenvalue weighted by Gasteiger charge is -2.12. The van der Waals surface area contributed by atoms with E-state index in [1.165, 1.54) is 13.4 Å². The smallest absolute Gasteiger partial charge is 0.168 e. The number of nitrogens with zero attached hydrogens (tertiary/aromatic N) is 2. The van der Waals surface area contributed by atoms with Gasteiger partial charge in [-0.2, -0.15) is 0 Å². The van der Waals surface area contributed by atoms with Crippen molar-refractivity contribution in [3.05, 3.63) is 51.7 Å². The maximum atomic E-state index is 14.0. The Kier molecular flexibility index (Phi) is 4.32. The summed E-state index contributed by atoms with van der Waals surface area (Å²) in [5, 5.41) is 3.03. The van der Waals surface area contributed by atoms with Crippen molar-refractivity contribution in [1.29, 1.82) is 0 Å². The van der Waals surface area contributed by atoms with E-state index in [9.17, 15) is 8.78 Å². The van der Waals surface area contributed by atoms with E-state index in [1.54, 1.807) is 12.1 Å². The van der Waals surface area contributed by atoms with Gasteiger partial charge in [0.1, 0.15) is 29.4 Å². The number of hydrogen-bond donors (Lipinski definition) is 1. The zero-order valence-corrected chi connectivity index (χ0v) is 14.0. The van der Waals surface area contributed by atoms with Crippen molar-refractivity contribution in [2.24, 2.45) is 0 Å². The summed E-state index contributed by atoms with van der Waals surface area (Å²) in [5.41, 5.74) is 0.190. The van der Waals surface area contributed by atoms with Crippen LogP contribution in [0.3, 0.4) is 0 Å². The van der Waals surface area contributed by atoms with E-state index < -0.39 is 11.6 Å². The minimum Gasteiger partial charge on any atom is -0.495 e. The summed E-state index contributed by atoms with van der Waals surface area (Å²) in [6.07, 6.45) is 1.29. The predicted molar refractivity (Wildman–Crippen MR) is 88.4 cm³/mol. The normalized spacial score (nSPS) is 10.8. The number of nitrogens with one attached hydrogen (secondary N) is 1. The zero-order valence-electron chi connectivity index (χ0n) is 11.7. The maximum Gasteiger partial charge on any atom is 0.168 e. The fourth-order valence-corrected chi connectivity index (χ4v) is 2.74. The first-order valence-electron chi connectivity index (χ1n) is 6.40. The van der Waals surface area contributed by atoms with E-state index in [0.29, 0.717) is 21.1 Å². The van der Waals surface area contributed by atoms with E-state index >= 15 is 0 Å². The van der Waals surface area contributed by atoms with Gasteiger partial charge < -0.3 is 10.1 Å². The largest absolute Gasteiger partial charge is 0.495 e. The highest BCUT2D eigenvalue weighted by Crippen LogP contribution is 2.34. The molecule has 4 nitrogen and oxygen atoms in total. The third kappa shape index (κ3) is 2.94. The molecule has 8 heteroatoms. The van der Waals surface area contributed by atoms with Crippen LogP contribution in [-0.2, 0) is 0 Å². The fraction of sp³-hybridized carbons (Fsp3) is 0.0667. The molecule has 0 aliphatic carbocycles. The van der Waals surface area contributed by atoms with Crippen LogP contribution in [0.4, 0.5) is 20.3 Å². The number of aromatic nitrogens is 2. The lowest BCUT2D eigenvalue weighted by molar-refractivity contribution is 0.412. The van der Waals surface area contributed by atoms with Gasteiger partial charge in [-0.05, 0) is 34.1 Å². The van der Waals surface area contributed by atoms with Crippen LogP contribution in [0.15, 0.2) is 35.1 Å². The average Bonchev–Trinajstić information content (AvgIpc) is 2.55. The minimum atomic E-state index is -0.883. The highest BCUT2D eigenvalue weighted by Gasteiger charge is 2.15. The van der Waals surface area contributed by atoms with Gasteiger partial charge in [0.05, 0.1) is 22.1 Å². The molecule has 1 aromatic heterocycles. The molecular weight excluding hydrogens is 392 g/mol. The molecule has 0 bridgehead atoms. The van der Waals surface area contributed by atoms with Gasteiger partial charge in [-0.25, -0.2) is 18.7 Å². The number of ether oxygens (including phenoxy) is 1. The van der Waals surface area contributed by atoms with Crippen molar-refractivity contribution in [3.8, 4) is 5.75 Å². The summed E-state index contributed by atoms with van der Waals surface area (Å²) < 4.78 is 33.8. The van der Waals surface area contributed by atoms with Crippen LogP contribution in [0.1, 0.15) is 0 Å². The summed E-state index contributed by atoms with van der Waals surface area (Å²) in [5.74, 6) is -0.821. The Morgan fingerprint density at radius 3 is 2.74 bits per heavy atom. The van der Waals surface area contributed by atoms with E-state index in [2.05, 4.69) is 31.2 Å². The van der Waals surface area contributed by atoms with Crippen molar-refractivity contribution in [1.82, 2.24) is 9.97 Å². The second kappa shape index (κ2) is 6.25. The lowest BCUT2D eigenvalue weighted by Crippen LogP contribution is -2.01. The second-order valence-electron chi connectivity index (χ2n) is 4.57. The molecule has 0 saturated heterocycles. The Balaban J connectivity index is 2.15. The molecule has 2 aromatic carbocycles. The second-order valence-corrected chi connectivity index (χ2v) is 5.83. The number of anilines is 2.